The second kappa shape index (κ2) is 6.23. The minimum absolute atomic E-state index is 0.0275. The molecule has 5 rings (SSSR count). The summed E-state index contributed by atoms with van der Waals surface area (Å²) in [7, 11) is 0. The number of benzene rings is 1. The van der Waals surface area contributed by atoms with E-state index in [0.717, 1.165) is 17.0 Å². The summed E-state index contributed by atoms with van der Waals surface area (Å²) in [5, 5.41) is 16.1. The van der Waals surface area contributed by atoms with Gasteiger partial charge < -0.3 is 4.42 Å². The van der Waals surface area contributed by atoms with E-state index in [1.165, 1.54) is 18.3 Å². The molecule has 3 aliphatic rings. The van der Waals surface area contributed by atoms with E-state index in [4.69, 9.17) is 4.42 Å². The summed E-state index contributed by atoms with van der Waals surface area (Å²) in [5.41, 5.74) is 1.40. The quantitative estimate of drug-likeness (QED) is 0.261. The molecule has 1 saturated heterocycles. The van der Waals surface area contributed by atoms with E-state index in [1.54, 1.807) is 18.2 Å². The van der Waals surface area contributed by atoms with Crippen molar-refractivity contribution in [2.24, 2.45) is 28.8 Å². The number of non-ortho nitro benzene ring substituents is 1. The maximum absolute atomic E-state index is 12.6. The van der Waals surface area contributed by atoms with Crippen LogP contribution in [0.2, 0.25) is 0 Å². The van der Waals surface area contributed by atoms with Gasteiger partial charge in [-0.3, -0.25) is 19.7 Å². The second-order valence-electron chi connectivity index (χ2n) is 7.69. The van der Waals surface area contributed by atoms with Crippen molar-refractivity contribution in [2.75, 3.05) is 0 Å². The van der Waals surface area contributed by atoms with E-state index < -0.39 is 4.92 Å². The van der Waals surface area contributed by atoms with Crippen molar-refractivity contribution in [3.63, 3.8) is 0 Å². The van der Waals surface area contributed by atoms with Crippen LogP contribution in [0.3, 0.4) is 0 Å². The highest BCUT2D eigenvalue weighted by molar-refractivity contribution is 6.06. The zero-order chi connectivity index (χ0) is 20.3. The standard InChI is InChI=1S/C21H17N3O5/c1-11-2-5-14(24(27)28)9-16(11)17-7-6-15(29-17)10-22-23-20(25)18-12-3-4-13(8-12)19(18)21(23)26/h2-7,9-10,12-13,18-19H,8H2,1H3/b22-10-/t12-,13+,18-,19-/m0/s1. The number of aryl methyl sites for hydroxylation is 1. The van der Waals surface area contributed by atoms with Crippen LogP contribution in [0.5, 0.6) is 0 Å². The van der Waals surface area contributed by atoms with Gasteiger partial charge in [0.05, 0.1) is 23.0 Å². The minimum atomic E-state index is -0.461. The summed E-state index contributed by atoms with van der Waals surface area (Å²) in [5.74, 6) is -0.0367. The van der Waals surface area contributed by atoms with Crippen LogP contribution in [0.4, 0.5) is 5.69 Å². The maximum Gasteiger partial charge on any atom is 0.270 e. The van der Waals surface area contributed by atoms with Crippen LogP contribution in [0.25, 0.3) is 11.3 Å². The number of carbonyl (C=O) groups is 2. The fourth-order valence-corrected chi connectivity index (χ4v) is 4.67. The highest BCUT2D eigenvalue weighted by Gasteiger charge is 2.59. The first-order chi connectivity index (χ1) is 13.9. The van der Waals surface area contributed by atoms with E-state index in [-0.39, 0.29) is 41.2 Å². The molecule has 146 valence electrons. The van der Waals surface area contributed by atoms with Gasteiger partial charge in [-0.05, 0) is 42.9 Å². The summed E-state index contributed by atoms with van der Waals surface area (Å²) in [6.45, 7) is 1.83. The molecular weight excluding hydrogens is 374 g/mol. The first-order valence-electron chi connectivity index (χ1n) is 9.39. The van der Waals surface area contributed by atoms with Gasteiger partial charge in [0, 0.05) is 17.7 Å². The van der Waals surface area contributed by atoms with Crippen LogP contribution in [0.15, 0.2) is 52.0 Å². The Bertz CT molecular complexity index is 1090. The number of nitro benzene ring substituents is 1. The number of hydrogen-bond acceptors (Lipinski definition) is 6. The molecule has 2 bridgehead atoms. The summed E-state index contributed by atoms with van der Waals surface area (Å²) < 4.78 is 5.73. The van der Waals surface area contributed by atoms with E-state index in [9.17, 15) is 19.7 Å². The molecule has 0 radical (unpaired) electrons. The Kier molecular flexibility index (Phi) is 3.77. The lowest BCUT2D eigenvalue weighted by Gasteiger charge is -2.13. The first-order valence-corrected chi connectivity index (χ1v) is 9.39. The predicted octanol–water partition coefficient (Wildman–Crippen LogP) is 3.30. The summed E-state index contributed by atoms with van der Waals surface area (Å²) in [6, 6.07) is 7.88. The Morgan fingerprint density at radius 2 is 1.83 bits per heavy atom. The maximum atomic E-state index is 12.6. The molecule has 2 amide bonds. The average Bonchev–Trinajstić information content (AvgIpc) is 3.46. The van der Waals surface area contributed by atoms with Crippen molar-refractivity contribution in [2.45, 2.75) is 13.3 Å². The first kappa shape index (κ1) is 17.5. The smallest absolute Gasteiger partial charge is 0.270 e. The number of hydrogen-bond donors (Lipinski definition) is 0. The van der Waals surface area contributed by atoms with E-state index >= 15 is 0 Å². The second-order valence-corrected chi connectivity index (χ2v) is 7.69. The van der Waals surface area contributed by atoms with Gasteiger partial charge in [0.2, 0.25) is 0 Å². The number of hydrazone groups is 1. The molecule has 8 nitrogen and oxygen atoms in total. The summed E-state index contributed by atoms with van der Waals surface area (Å²) in [4.78, 5) is 35.9. The summed E-state index contributed by atoms with van der Waals surface area (Å²) >= 11 is 0. The SMILES string of the molecule is Cc1ccc([N+](=O)[O-])cc1-c1ccc(/C=N\N2C(=O)[C@@H]3[C@@H](C2=O)[C@H]2C=C[C@@H]3C2)o1. The van der Waals surface area contributed by atoms with Gasteiger partial charge in [-0.15, -0.1) is 0 Å². The van der Waals surface area contributed by atoms with Crippen molar-refractivity contribution in [3.05, 3.63) is 63.9 Å². The van der Waals surface area contributed by atoms with Crippen molar-refractivity contribution >= 4 is 23.7 Å². The Morgan fingerprint density at radius 1 is 1.14 bits per heavy atom. The van der Waals surface area contributed by atoms with Crippen molar-refractivity contribution in [3.8, 4) is 11.3 Å². The van der Waals surface area contributed by atoms with Crippen LogP contribution < -0.4 is 0 Å². The van der Waals surface area contributed by atoms with Gasteiger partial charge >= 0.3 is 0 Å². The number of nitro groups is 1. The van der Waals surface area contributed by atoms with Crippen LogP contribution in [-0.4, -0.2) is 28.0 Å². The Hall–Kier alpha value is -3.55. The number of nitrogens with zero attached hydrogens (tertiary/aromatic N) is 3. The van der Waals surface area contributed by atoms with Crippen molar-refractivity contribution < 1.29 is 18.9 Å². The van der Waals surface area contributed by atoms with Crippen LogP contribution in [0.1, 0.15) is 17.7 Å². The number of rotatable bonds is 4. The van der Waals surface area contributed by atoms with Gasteiger partial charge in [0.15, 0.2) is 0 Å². The fourth-order valence-electron chi connectivity index (χ4n) is 4.67. The third-order valence-corrected chi connectivity index (χ3v) is 6.07. The molecular formula is C21H17N3O5. The molecule has 1 aromatic heterocycles. The molecule has 2 heterocycles. The molecule has 29 heavy (non-hydrogen) atoms. The number of amides is 2. The Morgan fingerprint density at radius 3 is 2.48 bits per heavy atom. The Labute approximate surface area is 165 Å². The molecule has 1 aliphatic heterocycles. The average molecular weight is 391 g/mol. The monoisotopic (exact) mass is 391 g/mol. The number of fused-ring (bicyclic) bond motifs is 5. The molecule has 0 unspecified atom stereocenters. The third kappa shape index (κ3) is 2.63. The van der Waals surface area contributed by atoms with Gasteiger partial charge in [-0.1, -0.05) is 18.2 Å². The third-order valence-electron chi connectivity index (χ3n) is 6.07. The lowest BCUT2D eigenvalue weighted by atomic mass is 9.85. The van der Waals surface area contributed by atoms with Crippen molar-refractivity contribution in [1.29, 1.82) is 0 Å². The molecule has 0 spiro atoms. The molecule has 0 N–H and O–H groups in total. The van der Waals surface area contributed by atoms with E-state index in [2.05, 4.69) is 5.10 Å². The van der Waals surface area contributed by atoms with Gasteiger partial charge in [0.1, 0.15) is 11.5 Å². The molecule has 2 aliphatic carbocycles. The van der Waals surface area contributed by atoms with Crippen LogP contribution in [-0.2, 0) is 9.59 Å². The molecule has 1 aromatic carbocycles. The lowest BCUT2D eigenvalue weighted by molar-refractivity contribution is -0.384. The lowest BCUT2D eigenvalue weighted by Crippen LogP contribution is -2.28. The normalized spacial score (nSPS) is 27.4. The highest BCUT2D eigenvalue weighted by atomic mass is 16.6. The number of imide groups is 1. The fraction of sp³-hybridized carbons (Fsp3) is 0.286. The largest absolute Gasteiger partial charge is 0.455 e. The number of allylic oxidation sites excluding steroid dienone is 2. The number of furan rings is 1. The highest BCUT2D eigenvalue weighted by Crippen LogP contribution is 2.52. The number of carbonyl (C=O) groups excluding carboxylic acids is 2. The minimum Gasteiger partial charge on any atom is -0.455 e. The van der Waals surface area contributed by atoms with Gasteiger partial charge in [-0.2, -0.15) is 10.1 Å². The van der Waals surface area contributed by atoms with E-state index in [0.29, 0.717) is 17.1 Å². The zero-order valence-corrected chi connectivity index (χ0v) is 15.5. The molecule has 4 atom stereocenters. The van der Waals surface area contributed by atoms with Crippen molar-refractivity contribution in [1.82, 2.24) is 5.01 Å². The van der Waals surface area contributed by atoms with Crippen LogP contribution >= 0.6 is 0 Å². The van der Waals surface area contributed by atoms with Gasteiger partial charge in [-0.25, -0.2) is 0 Å². The topological polar surface area (TPSA) is 106 Å². The summed E-state index contributed by atoms with van der Waals surface area (Å²) in [6.07, 6.45) is 6.27. The molecule has 2 aromatic rings. The van der Waals surface area contributed by atoms with Gasteiger partial charge in [0.25, 0.3) is 17.5 Å². The molecule has 1 saturated carbocycles. The molecule has 2 fully saturated rings. The zero-order valence-electron chi connectivity index (χ0n) is 15.5. The van der Waals surface area contributed by atoms with E-state index in [1.807, 2.05) is 19.1 Å². The molecule has 8 heteroatoms. The van der Waals surface area contributed by atoms with Crippen LogP contribution in [0, 0.1) is 40.7 Å². The Balaban J connectivity index is 1.38. The predicted molar refractivity (Wildman–Crippen MR) is 103 cm³/mol.